The average molecular weight is 523 g/mol. The summed E-state index contributed by atoms with van der Waals surface area (Å²) in [6.45, 7) is 8.48. The van der Waals surface area contributed by atoms with Crippen LogP contribution in [-0.2, 0) is 20.8 Å². The van der Waals surface area contributed by atoms with Gasteiger partial charge in [-0.2, -0.15) is 0 Å². The summed E-state index contributed by atoms with van der Waals surface area (Å²) < 4.78 is 5.41. The van der Waals surface area contributed by atoms with E-state index in [-0.39, 0.29) is 54.0 Å². The van der Waals surface area contributed by atoms with Crippen LogP contribution in [0.2, 0.25) is 0 Å². The Morgan fingerprint density at radius 1 is 1.13 bits per heavy atom. The van der Waals surface area contributed by atoms with Gasteiger partial charge in [0.2, 0.25) is 17.7 Å². The number of benzene rings is 1. The molecule has 3 saturated heterocycles. The third-order valence-corrected chi connectivity index (χ3v) is 8.96. The van der Waals surface area contributed by atoms with Crippen molar-refractivity contribution in [1.82, 2.24) is 20.3 Å². The molecule has 0 aliphatic carbocycles. The summed E-state index contributed by atoms with van der Waals surface area (Å²) in [4.78, 5) is 43.8. The van der Waals surface area contributed by atoms with E-state index in [2.05, 4.69) is 36.1 Å². The van der Waals surface area contributed by atoms with Gasteiger partial charge in [0.15, 0.2) is 5.58 Å². The molecule has 5 atom stereocenters. The Bertz CT molecular complexity index is 1160. The van der Waals surface area contributed by atoms with E-state index in [4.69, 9.17) is 4.52 Å². The SMILES string of the molecule is CC(C)[C@@H]1CC[C@@H](C)CC(=O)N2C[C@H]3C[C@@H](CN(C(=O)Cc4noc5ccccc45)C3)[C@@H]2CCCC(=O)N1. The number of nitrogens with zero attached hydrogens (tertiary/aromatic N) is 3. The van der Waals surface area contributed by atoms with Crippen LogP contribution in [0.5, 0.6) is 0 Å². The molecule has 2 aromatic rings. The molecule has 8 nitrogen and oxygen atoms in total. The van der Waals surface area contributed by atoms with Gasteiger partial charge < -0.3 is 19.6 Å². The first-order valence-corrected chi connectivity index (χ1v) is 14.5. The van der Waals surface area contributed by atoms with E-state index in [0.717, 1.165) is 37.5 Å². The number of fused-ring (bicyclic) bond motifs is 5. The Hall–Kier alpha value is -2.90. The molecule has 38 heavy (non-hydrogen) atoms. The normalized spacial score (nSPS) is 29.3. The van der Waals surface area contributed by atoms with Gasteiger partial charge in [0.05, 0.1) is 6.42 Å². The summed E-state index contributed by atoms with van der Waals surface area (Å²) in [5.41, 5.74) is 1.38. The molecule has 1 aromatic heterocycles. The summed E-state index contributed by atoms with van der Waals surface area (Å²) >= 11 is 0. The van der Waals surface area contributed by atoms with Crippen molar-refractivity contribution >= 4 is 28.7 Å². The molecule has 4 heterocycles. The largest absolute Gasteiger partial charge is 0.356 e. The molecule has 3 fully saturated rings. The van der Waals surface area contributed by atoms with Crippen molar-refractivity contribution in [3.05, 3.63) is 30.0 Å². The van der Waals surface area contributed by atoms with Gasteiger partial charge in [-0.1, -0.05) is 38.1 Å². The molecule has 0 spiro atoms. The molecule has 5 rings (SSSR count). The summed E-state index contributed by atoms with van der Waals surface area (Å²) in [5.74, 6) is 1.59. The van der Waals surface area contributed by atoms with Crippen molar-refractivity contribution in [3.63, 3.8) is 0 Å². The predicted octanol–water partition coefficient (Wildman–Crippen LogP) is 4.18. The second-order valence-corrected chi connectivity index (χ2v) is 12.3. The molecule has 0 unspecified atom stereocenters. The Morgan fingerprint density at radius 2 is 1.95 bits per heavy atom. The molecule has 206 valence electrons. The van der Waals surface area contributed by atoms with Gasteiger partial charge in [0, 0.05) is 49.9 Å². The summed E-state index contributed by atoms with van der Waals surface area (Å²) in [7, 11) is 0. The Morgan fingerprint density at radius 3 is 2.76 bits per heavy atom. The van der Waals surface area contributed by atoms with Crippen LogP contribution in [-0.4, -0.2) is 64.4 Å². The van der Waals surface area contributed by atoms with Crippen LogP contribution in [0, 0.1) is 23.7 Å². The maximum absolute atomic E-state index is 13.6. The highest BCUT2D eigenvalue weighted by atomic mass is 16.5. The molecule has 1 N–H and O–H groups in total. The predicted molar refractivity (Wildman–Crippen MR) is 145 cm³/mol. The number of carbonyl (C=O) groups is 3. The van der Waals surface area contributed by atoms with Gasteiger partial charge in [0.25, 0.3) is 0 Å². The molecule has 0 radical (unpaired) electrons. The quantitative estimate of drug-likeness (QED) is 0.653. The third kappa shape index (κ3) is 5.89. The van der Waals surface area contributed by atoms with Crippen LogP contribution in [0.15, 0.2) is 28.8 Å². The van der Waals surface area contributed by atoms with Crippen LogP contribution in [0.25, 0.3) is 11.0 Å². The van der Waals surface area contributed by atoms with Gasteiger partial charge in [-0.3, -0.25) is 14.4 Å². The Balaban J connectivity index is 1.29. The minimum absolute atomic E-state index is 0.0656. The first-order chi connectivity index (χ1) is 18.3. The Kier molecular flexibility index (Phi) is 8.05. The molecular weight excluding hydrogens is 480 g/mol. The minimum atomic E-state index is 0.0656. The summed E-state index contributed by atoms with van der Waals surface area (Å²) in [6.07, 6.45) is 5.67. The van der Waals surface area contributed by atoms with E-state index in [9.17, 15) is 14.4 Å². The number of rotatable bonds is 3. The van der Waals surface area contributed by atoms with Crippen molar-refractivity contribution in [3.8, 4) is 0 Å². The first kappa shape index (κ1) is 26.7. The van der Waals surface area contributed by atoms with E-state index in [1.807, 2.05) is 29.2 Å². The average Bonchev–Trinajstić information content (AvgIpc) is 3.29. The lowest BCUT2D eigenvalue weighted by atomic mass is 9.77. The zero-order valence-electron chi connectivity index (χ0n) is 23.0. The number of hydrogen-bond donors (Lipinski definition) is 1. The standard InChI is InChI=1S/C30H42N4O4/c1-19(2)24-12-11-20(3)13-30(37)34-17-21-14-22(26(34)8-6-10-28(35)31-24)18-33(16-21)29(36)15-25-23-7-4-5-9-27(23)38-32-25/h4-5,7,9,19-22,24,26H,6,8,10-18H2,1-3H3,(H,31,35)/t20-,21+,22+,24+,26+/m1/s1. The lowest BCUT2D eigenvalue weighted by molar-refractivity contribution is -0.146. The van der Waals surface area contributed by atoms with Gasteiger partial charge >= 0.3 is 0 Å². The van der Waals surface area contributed by atoms with E-state index >= 15 is 0 Å². The lowest BCUT2D eigenvalue weighted by Crippen LogP contribution is -2.60. The number of para-hydroxylation sites is 1. The minimum Gasteiger partial charge on any atom is -0.356 e. The van der Waals surface area contributed by atoms with Crippen LogP contribution in [0.3, 0.4) is 0 Å². The van der Waals surface area contributed by atoms with Crippen LogP contribution in [0.1, 0.15) is 71.4 Å². The molecule has 0 saturated carbocycles. The number of nitrogens with one attached hydrogen (secondary N) is 1. The second-order valence-electron chi connectivity index (χ2n) is 12.3. The molecule has 3 aliphatic heterocycles. The van der Waals surface area contributed by atoms with E-state index in [1.54, 1.807) is 0 Å². The molecule has 8 heteroatoms. The highest BCUT2D eigenvalue weighted by Crippen LogP contribution is 2.37. The molecule has 2 bridgehead atoms. The number of likely N-dealkylation sites (tertiary alicyclic amines) is 1. The molecule has 3 amide bonds. The fourth-order valence-electron chi connectivity index (χ4n) is 6.83. The van der Waals surface area contributed by atoms with Crippen LogP contribution >= 0.6 is 0 Å². The Labute approximate surface area is 225 Å². The second kappa shape index (κ2) is 11.5. The summed E-state index contributed by atoms with van der Waals surface area (Å²) in [6, 6.07) is 7.86. The van der Waals surface area contributed by atoms with Crippen molar-refractivity contribution < 1.29 is 18.9 Å². The van der Waals surface area contributed by atoms with Crippen LogP contribution in [0.4, 0.5) is 0 Å². The number of amides is 3. The van der Waals surface area contributed by atoms with Crippen molar-refractivity contribution in [2.75, 3.05) is 19.6 Å². The number of hydrogen-bond acceptors (Lipinski definition) is 5. The third-order valence-electron chi connectivity index (χ3n) is 8.96. The maximum atomic E-state index is 13.6. The van der Waals surface area contributed by atoms with Gasteiger partial charge in [-0.15, -0.1) is 0 Å². The first-order valence-electron chi connectivity index (χ1n) is 14.5. The topological polar surface area (TPSA) is 95.8 Å². The number of piperidine rings is 2. The number of carbonyl (C=O) groups excluding carboxylic acids is 3. The van der Waals surface area contributed by atoms with Crippen molar-refractivity contribution in [2.24, 2.45) is 23.7 Å². The fraction of sp³-hybridized carbons (Fsp3) is 0.667. The van der Waals surface area contributed by atoms with Gasteiger partial charge in [0.1, 0.15) is 5.69 Å². The van der Waals surface area contributed by atoms with Gasteiger partial charge in [-0.05, 0) is 67.9 Å². The van der Waals surface area contributed by atoms with E-state index < -0.39 is 0 Å². The van der Waals surface area contributed by atoms with Crippen LogP contribution < -0.4 is 5.32 Å². The zero-order valence-corrected chi connectivity index (χ0v) is 23.0. The van der Waals surface area contributed by atoms with Crippen molar-refractivity contribution in [2.45, 2.75) is 84.2 Å². The molecular formula is C30H42N4O4. The monoisotopic (exact) mass is 522 g/mol. The lowest BCUT2D eigenvalue weighted by Gasteiger charge is -2.51. The zero-order chi connectivity index (χ0) is 26.8. The van der Waals surface area contributed by atoms with E-state index in [0.29, 0.717) is 49.7 Å². The maximum Gasteiger partial charge on any atom is 0.228 e. The molecule has 3 aliphatic rings. The van der Waals surface area contributed by atoms with Crippen molar-refractivity contribution in [1.29, 1.82) is 0 Å². The highest BCUT2D eigenvalue weighted by Gasteiger charge is 2.43. The highest BCUT2D eigenvalue weighted by molar-refractivity contribution is 5.86. The van der Waals surface area contributed by atoms with E-state index in [1.165, 1.54) is 0 Å². The summed E-state index contributed by atoms with van der Waals surface area (Å²) in [5, 5.41) is 8.30. The fourth-order valence-corrected chi connectivity index (χ4v) is 6.83. The smallest absolute Gasteiger partial charge is 0.228 e. The number of aromatic nitrogens is 1. The van der Waals surface area contributed by atoms with Gasteiger partial charge in [-0.25, -0.2) is 0 Å². The molecule has 1 aromatic carbocycles.